The van der Waals surface area contributed by atoms with Crippen molar-refractivity contribution < 1.29 is 38.0 Å². The molecule has 4 aliphatic heterocycles. The van der Waals surface area contributed by atoms with Crippen molar-refractivity contribution in [1.29, 1.82) is 0 Å². The fourth-order valence-electron chi connectivity index (χ4n) is 8.45. The van der Waals surface area contributed by atoms with E-state index < -0.39 is 5.97 Å². The van der Waals surface area contributed by atoms with Crippen molar-refractivity contribution in [2.75, 3.05) is 55.6 Å². The van der Waals surface area contributed by atoms with Crippen LogP contribution in [-0.4, -0.2) is 71.4 Å². The minimum atomic E-state index is -0.420. The maximum Gasteiger partial charge on any atom is 0.338 e. The third-order valence-electron chi connectivity index (χ3n) is 11.5. The molecule has 0 radical (unpaired) electrons. The molecule has 0 aromatic heterocycles. The molecule has 56 heavy (non-hydrogen) atoms. The van der Waals surface area contributed by atoms with Gasteiger partial charge in [-0.05, 0) is 116 Å². The fraction of sp³-hybridized carbons (Fsp3) is 0.326. The number of carbonyl (C=O) groups excluding carboxylic acids is 1. The quantitative estimate of drug-likeness (QED) is 0.151. The summed E-state index contributed by atoms with van der Waals surface area (Å²) in [6.07, 6.45) is 2.95. The van der Waals surface area contributed by atoms with Crippen LogP contribution in [0.3, 0.4) is 0 Å². The number of likely N-dealkylation sites (N-methyl/N-ethyl adjacent to an activating group) is 2. The number of benzene rings is 5. The lowest BCUT2D eigenvalue weighted by Gasteiger charge is -2.38. The third kappa shape index (κ3) is 6.99. The van der Waals surface area contributed by atoms with E-state index >= 15 is 0 Å². The highest BCUT2D eigenvalue weighted by Gasteiger charge is 2.37. The summed E-state index contributed by atoms with van der Waals surface area (Å²) in [7, 11) is 10.9. The molecule has 0 amide bonds. The van der Waals surface area contributed by atoms with Gasteiger partial charge in [-0.25, -0.2) is 4.79 Å². The highest BCUT2D eigenvalue weighted by molar-refractivity contribution is 5.89. The Morgan fingerprint density at radius 1 is 0.696 bits per heavy atom. The number of hydrogen-bond acceptors (Lipinski definition) is 10. The van der Waals surface area contributed by atoms with Crippen LogP contribution in [0, 0.1) is 0 Å². The molecule has 10 nitrogen and oxygen atoms in total. The summed E-state index contributed by atoms with van der Waals surface area (Å²) in [4.78, 5) is 18.0. The lowest BCUT2D eigenvalue weighted by molar-refractivity contribution is 0.0467. The van der Waals surface area contributed by atoms with Gasteiger partial charge in [-0.15, -0.1) is 0 Å². The molecule has 290 valence electrons. The molecule has 4 heterocycles. The van der Waals surface area contributed by atoms with Gasteiger partial charge in [-0.3, -0.25) is 9.80 Å². The summed E-state index contributed by atoms with van der Waals surface area (Å²) in [5.41, 5.74) is 7.80. The average Bonchev–Trinajstić information content (AvgIpc) is 3.22. The van der Waals surface area contributed by atoms with E-state index in [0.29, 0.717) is 58.7 Å². The van der Waals surface area contributed by atoms with Crippen molar-refractivity contribution in [2.24, 2.45) is 0 Å². The van der Waals surface area contributed by atoms with Crippen LogP contribution in [0.25, 0.3) is 0 Å². The Kier molecular flexibility index (Phi) is 10.5. The van der Waals surface area contributed by atoms with Gasteiger partial charge in [0, 0.05) is 36.3 Å². The summed E-state index contributed by atoms with van der Waals surface area (Å²) in [6.45, 7) is 1.65. The molecular weight excluding hydrogens is 709 g/mol. The number of carbonyl (C=O) groups is 1. The number of nitrogens with zero attached hydrogens (tertiary/aromatic N) is 2. The minimum Gasteiger partial charge on any atom is -0.493 e. The Balaban J connectivity index is 1.35. The van der Waals surface area contributed by atoms with Gasteiger partial charge in [-0.2, -0.15) is 0 Å². The lowest BCUT2D eigenvalue weighted by Crippen LogP contribution is -2.35. The Labute approximate surface area is 328 Å². The van der Waals surface area contributed by atoms with E-state index in [4.69, 9.17) is 33.2 Å². The monoisotopic (exact) mass is 756 g/mol. The zero-order chi connectivity index (χ0) is 38.9. The number of methoxy groups -OCH3 is 4. The molecule has 1 unspecified atom stereocenters. The first-order valence-electron chi connectivity index (χ1n) is 19.0. The second-order valence-corrected chi connectivity index (χ2v) is 14.6. The van der Waals surface area contributed by atoms with E-state index in [1.807, 2.05) is 42.5 Å². The van der Waals surface area contributed by atoms with E-state index in [9.17, 15) is 4.79 Å². The molecule has 0 spiro atoms. The first-order chi connectivity index (χ1) is 27.3. The van der Waals surface area contributed by atoms with Crippen molar-refractivity contribution in [2.45, 2.75) is 44.4 Å². The molecule has 0 fully saturated rings. The third-order valence-corrected chi connectivity index (χ3v) is 11.5. The predicted molar refractivity (Wildman–Crippen MR) is 213 cm³/mol. The Hall–Kier alpha value is -5.71. The van der Waals surface area contributed by atoms with Crippen LogP contribution in [0.15, 0.2) is 84.9 Å². The minimum absolute atomic E-state index is 0.0124. The molecule has 0 N–H and O–H groups in total. The van der Waals surface area contributed by atoms with Crippen LogP contribution in [0.2, 0.25) is 0 Å². The van der Waals surface area contributed by atoms with E-state index in [2.05, 4.69) is 54.2 Å². The smallest absolute Gasteiger partial charge is 0.338 e. The molecular formula is C46H48N2O8. The number of rotatable bonds is 7. The van der Waals surface area contributed by atoms with Crippen LogP contribution in [0.4, 0.5) is 0 Å². The number of esters is 1. The van der Waals surface area contributed by atoms with Gasteiger partial charge in [0.2, 0.25) is 5.75 Å². The first-order valence-corrected chi connectivity index (χ1v) is 19.0. The molecule has 0 saturated heterocycles. The highest BCUT2D eigenvalue weighted by atomic mass is 16.6. The van der Waals surface area contributed by atoms with Crippen molar-refractivity contribution in [3.8, 4) is 46.0 Å². The van der Waals surface area contributed by atoms with Crippen LogP contribution in [-0.2, 0) is 37.0 Å². The molecule has 0 saturated carbocycles. The molecule has 2 atom stereocenters. The number of fused-ring (bicyclic) bond motifs is 2. The zero-order valence-electron chi connectivity index (χ0n) is 32.8. The Bertz CT molecular complexity index is 2240. The molecule has 0 aliphatic carbocycles. The summed E-state index contributed by atoms with van der Waals surface area (Å²) in [6, 6.07) is 27.6. The van der Waals surface area contributed by atoms with Crippen LogP contribution in [0.1, 0.15) is 61.4 Å². The Morgan fingerprint density at radius 3 is 2.11 bits per heavy atom. The molecule has 5 aromatic carbocycles. The van der Waals surface area contributed by atoms with E-state index in [1.165, 1.54) is 16.7 Å². The maximum atomic E-state index is 13.3. The van der Waals surface area contributed by atoms with E-state index in [1.54, 1.807) is 40.6 Å². The first kappa shape index (κ1) is 37.2. The van der Waals surface area contributed by atoms with Gasteiger partial charge in [0.05, 0.1) is 34.0 Å². The summed E-state index contributed by atoms with van der Waals surface area (Å²) in [5, 5.41) is 0. The van der Waals surface area contributed by atoms with Crippen molar-refractivity contribution in [1.82, 2.24) is 9.80 Å². The summed E-state index contributed by atoms with van der Waals surface area (Å²) >= 11 is 0. The molecule has 4 aliphatic rings. The second-order valence-electron chi connectivity index (χ2n) is 14.6. The molecule has 9 rings (SSSR count). The van der Waals surface area contributed by atoms with E-state index in [-0.39, 0.29) is 18.7 Å². The highest BCUT2D eigenvalue weighted by Crippen LogP contribution is 2.54. The maximum absolute atomic E-state index is 13.3. The molecule has 5 aromatic rings. The van der Waals surface area contributed by atoms with Gasteiger partial charge >= 0.3 is 5.97 Å². The predicted octanol–water partition coefficient (Wildman–Crippen LogP) is 8.52. The number of hydrogen-bond donors (Lipinski definition) is 0. The molecule has 10 heteroatoms. The molecule has 6 bridgehead atoms. The van der Waals surface area contributed by atoms with Gasteiger partial charge in [0.15, 0.2) is 34.5 Å². The normalized spacial score (nSPS) is 17.7. The SMILES string of the molecule is COc1ccc2cc1Oc1ccc(cc1)CC1c3cc(c(OC)cc3CCN1C)Oc1c(OC)c(OC)c(COC(=O)c3ccccc3)c3c1[C@H](C2)N(C)CC3. The van der Waals surface area contributed by atoms with E-state index in [0.717, 1.165) is 53.9 Å². The Morgan fingerprint density at radius 2 is 1.38 bits per heavy atom. The zero-order valence-corrected chi connectivity index (χ0v) is 32.8. The topological polar surface area (TPSA) is 88.2 Å². The second kappa shape index (κ2) is 15.8. The van der Waals surface area contributed by atoms with Crippen LogP contribution >= 0.6 is 0 Å². The average molecular weight is 757 g/mol. The summed E-state index contributed by atoms with van der Waals surface area (Å²) in [5.74, 6) is 4.22. The van der Waals surface area contributed by atoms with Gasteiger partial charge in [0.25, 0.3) is 0 Å². The largest absolute Gasteiger partial charge is 0.493 e. The fourth-order valence-corrected chi connectivity index (χ4v) is 8.45. The lowest BCUT2D eigenvalue weighted by atomic mass is 9.84. The summed E-state index contributed by atoms with van der Waals surface area (Å²) < 4.78 is 43.9. The van der Waals surface area contributed by atoms with Crippen LogP contribution < -0.4 is 28.4 Å². The van der Waals surface area contributed by atoms with Crippen molar-refractivity contribution >= 4 is 5.97 Å². The van der Waals surface area contributed by atoms with Gasteiger partial charge < -0.3 is 33.2 Å². The van der Waals surface area contributed by atoms with Crippen molar-refractivity contribution in [3.63, 3.8) is 0 Å². The van der Waals surface area contributed by atoms with Gasteiger partial charge in [0.1, 0.15) is 12.4 Å². The van der Waals surface area contributed by atoms with Gasteiger partial charge in [-0.1, -0.05) is 36.4 Å². The standard InChI is InChI=1S/C46H48N2O8/c1-47-20-18-31-25-39(51-4)41-26-34(31)36(47)22-28-12-15-32(16-13-28)55-40-24-29(14-17-38(40)50-3)23-37-42-33(19-21-48(37)2)35(43(52-5)45(53-6)44(42)56-41)27-54-46(49)30-10-8-7-9-11-30/h7-17,24-26,36-37H,18-23,27H2,1-6H3/t36?,37-/m0/s1. The van der Waals surface area contributed by atoms with Crippen LogP contribution in [0.5, 0.6) is 46.0 Å². The number of ether oxygens (including phenoxy) is 7. The van der Waals surface area contributed by atoms with Crippen molar-refractivity contribution in [3.05, 3.63) is 129 Å².